The first-order valence-corrected chi connectivity index (χ1v) is 7.56. The fraction of sp³-hybridized carbons (Fsp3) is 0.474. The largest absolute Gasteiger partial charge is 0.313 e. The maximum Gasteiger partial charge on any atom is 0.0363 e. The molecule has 0 bridgehead atoms. The fourth-order valence-corrected chi connectivity index (χ4v) is 4.10. The minimum absolute atomic E-state index is 0.387. The third-order valence-corrected chi connectivity index (χ3v) is 5.94. The lowest BCUT2D eigenvalue weighted by atomic mass is 9.92. The van der Waals surface area contributed by atoms with Crippen molar-refractivity contribution in [1.29, 1.82) is 0 Å². The molecule has 0 aromatic heterocycles. The average molecular weight is 267 g/mol. The van der Waals surface area contributed by atoms with Gasteiger partial charge in [-0.15, -0.1) is 0 Å². The van der Waals surface area contributed by atoms with E-state index in [9.17, 15) is 0 Å². The highest BCUT2D eigenvalue weighted by Gasteiger charge is 2.67. The number of hydrogen-bond acceptors (Lipinski definition) is 1. The van der Waals surface area contributed by atoms with E-state index in [-0.39, 0.29) is 0 Å². The first kappa shape index (κ1) is 13.6. The van der Waals surface area contributed by atoms with Crippen molar-refractivity contribution in [3.05, 3.63) is 48.0 Å². The minimum Gasteiger partial charge on any atom is -0.313 e. The Hall–Kier alpha value is -1.34. The Balaban J connectivity index is 2.10. The van der Waals surface area contributed by atoms with Crippen molar-refractivity contribution in [2.75, 3.05) is 7.05 Å². The average Bonchev–Trinajstić information content (AvgIpc) is 2.83. The molecule has 0 radical (unpaired) electrons. The van der Waals surface area contributed by atoms with Crippen LogP contribution in [0.5, 0.6) is 0 Å². The molecule has 1 fully saturated rings. The Bertz CT molecular complexity index is 620. The molecule has 106 valence electrons. The van der Waals surface area contributed by atoms with Gasteiger partial charge >= 0.3 is 0 Å². The van der Waals surface area contributed by atoms with Crippen molar-refractivity contribution in [3.8, 4) is 0 Å². The topological polar surface area (TPSA) is 12.0 Å². The van der Waals surface area contributed by atoms with Crippen LogP contribution in [0.15, 0.2) is 42.5 Å². The molecule has 3 rings (SSSR count). The lowest BCUT2D eigenvalue weighted by Gasteiger charge is -2.21. The molecule has 1 aliphatic rings. The van der Waals surface area contributed by atoms with E-state index in [0.717, 1.165) is 0 Å². The van der Waals surface area contributed by atoms with Gasteiger partial charge in [-0.25, -0.2) is 0 Å². The monoisotopic (exact) mass is 267 g/mol. The molecule has 0 saturated heterocycles. The number of hydrogen-bond donors (Lipinski definition) is 1. The molecule has 2 aromatic carbocycles. The second kappa shape index (κ2) is 4.33. The smallest absolute Gasteiger partial charge is 0.0363 e. The molecule has 1 N–H and O–H groups in total. The van der Waals surface area contributed by atoms with Crippen molar-refractivity contribution < 1.29 is 0 Å². The summed E-state index contributed by atoms with van der Waals surface area (Å²) in [5.41, 5.74) is 2.21. The first-order chi connectivity index (χ1) is 9.41. The summed E-state index contributed by atoms with van der Waals surface area (Å²) in [6, 6.07) is 15.8. The Morgan fingerprint density at radius 3 is 2.10 bits per heavy atom. The van der Waals surface area contributed by atoms with Crippen LogP contribution in [0.2, 0.25) is 0 Å². The number of fused-ring (bicyclic) bond motifs is 1. The molecule has 0 heterocycles. The Morgan fingerprint density at radius 1 is 0.900 bits per heavy atom. The predicted octanol–water partition coefficient (Wildman–Crippen LogP) is 4.78. The zero-order valence-corrected chi connectivity index (χ0v) is 13.2. The summed E-state index contributed by atoms with van der Waals surface area (Å²) in [7, 11) is 2.09. The highest BCUT2D eigenvalue weighted by atomic mass is 14.9. The Labute approximate surface area is 122 Å². The van der Waals surface area contributed by atoms with Gasteiger partial charge in [-0.2, -0.15) is 0 Å². The summed E-state index contributed by atoms with van der Waals surface area (Å²) >= 11 is 0. The van der Waals surface area contributed by atoms with Crippen LogP contribution >= 0.6 is 0 Å². The summed E-state index contributed by atoms with van der Waals surface area (Å²) in [4.78, 5) is 0. The lowest BCUT2D eigenvalue weighted by Crippen LogP contribution is -2.21. The van der Waals surface area contributed by atoms with Gasteiger partial charge in [-0.3, -0.25) is 0 Å². The summed E-state index contributed by atoms with van der Waals surface area (Å²) in [5, 5.41) is 6.30. The molecule has 0 amide bonds. The van der Waals surface area contributed by atoms with Gasteiger partial charge in [-0.1, -0.05) is 70.2 Å². The van der Waals surface area contributed by atoms with Gasteiger partial charge in [0.2, 0.25) is 0 Å². The molecule has 2 aromatic rings. The second-order valence-corrected chi connectivity index (χ2v) is 7.26. The van der Waals surface area contributed by atoms with E-state index in [2.05, 4.69) is 82.5 Å². The van der Waals surface area contributed by atoms with Gasteiger partial charge in [0.25, 0.3) is 0 Å². The van der Waals surface area contributed by atoms with E-state index in [4.69, 9.17) is 0 Å². The number of nitrogens with one attached hydrogen (secondary N) is 1. The molecule has 0 aliphatic heterocycles. The standard InChI is InChI=1S/C19H25N/c1-18(2)17(19(18,3)4)16(20-5)15-12-8-10-13-9-6-7-11-14(13)15/h6-12,16-17,20H,1-5H3. The summed E-state index contributed by atoms with van der Waals surface area (Å²) in [6.45, 7) is 9.58. The third-order valence-electron chi connectivity index (χ3n) is 5.94. The molecule has 20 heavy (non-hydrogen) atoms. The molecule has 1 aliphatic carbocycles. The summed E-state index contributed by atoms with van der Waals surface area (Å²) < 4.78 is 0. The molecule has 1 unspecified atom stereocenters. The maximum atomic E-state index is 3.58. The third kappa shape index (κ3) is 1.73. The minimum atomic E-state index is 0.387. The molecule has 1 atom stereocenters. The number of benzene rings is 2. The van der Waals surface area contributed by atoms with E-state index in [0.29, 0.717) is 22.8 Å². The zero-order chi connectivity index (χ0) is 14.5. The van der Waals surface area contributed by atoms with E-state index in [1.54, 1.807) is 0 Å². The van der Waals surface area contributed by atoms with Crippen LogP contribution in [0.4, 0.5) is 0 Å². The molecule has 1 saturated carbocycles. The molecule has 0 spiro atoms. The number of rotatable bonds is 3. The van der Waals surface area contributed by atoms with Gasteiger partial charge in [-0.05, 0) is 40.1 Å². The van der Waals surface area contributed by atoms with Crippen molar-refractivity contribution >= 4 is 10.8 Å². The second-order valence-electron chi connectivity index (χ2n) is 7.26. The lowest BCUT2D eigenvalue weighted by molar-refractivity contribution is 0.440. The Kier molecular flexibility index (Phi) is 2.95. The first-order valence-electron chi connectivity index (χ1n) is 7.56. The highest BCUT2D eigenvalue weighted by Crippen LogP contribution is 2.72. The van der Waals surface area contributed by atoms with E-state index in [1.165, 1.54) is 16.3 Å². The zero-order valence-electron chi connectivity index (χ0n) is 13.2. The van der Waals surface area contributed by atoms with Gasteiger partial charge in [0.1, 0.15) is 0 Å². The van der Waals surface area contributed by atoms with Crippen LogP contribution in [0.3, 0.4) is 0 Å². The van der Waals surface area contributed by atoms with Crippen LogP contribution in [0.25, 0.3) is 10.8 Å². The van der Waals surface area contributed by atoms with E-state index >= 15 is 0 Å². The molecule has 1 nitrogen and oxygen atoms in total. The molecular formula is C19H25N. The SMILES string of the molecule is CNC(c1cccc2ccccc12)C1C(C)(C)C1(C)C. The fourth-order valence-electron chi connectivity index (χ4n) is 4.10. The highest BCUT2D eigenvalue weighted by molar-refractivity contribution is 5.86. The Morgan fingerprint density at radius 2 is 1.50 bits per heavy atom. The van der Waals surface area contributed by atoms with Crippen LogP contribution < -0.4 is 5.32 Å². The van der Waals surface area contributed by atoms with Crippen molar-refractivity contribution in [2.24, 2.45) is 16.7 Å². The maximum absolute atomic E-state index is 3.58. The van der Waals surface area contributed by atoms with Crippen LogP contribution in [0.1, 0.15) is 39.3 Å². The van der Waals surface area contributed by atoms with Crippen LogP contribution in [0, 0.1) is 16.7 Å². The normalized spacial score (nSPS) is 21.9. The molecular weight excluding hydrogens is 242 g/mol. The summed E-state index contributed by atoms with van der Waals surface area (Å²) in [5.74, 6) is 0.672. The van der Waals surface area contributed by atoms with Gasteiger partial charge < -0.3 is 5.32 Å². The van der Waals surface area contributed by atoms with Gasteiger partial charge in [0.15, 0.2) is 0 Å². The summed E-state index contributed by atoms with van der Waals surface area (Å²) in [6.07, 6.45) is 0. The van der Waals surface area contributed by atoms with Gasteiger partial charge in [0, 0.05) is 6.04 Å². The van der Waals surface area contributed by atoms with Crippen LogP contribution in [-0.4, -0.2) is 7.05 Å². The van der Waals surface area contributed by atoms with Crippen LogP contribution in [-0.2, 0) is 0 Å². The predicted molar refractivity (Wildman–Crippen MR) is 86.8 cm³/mol. The quantitative estimate of drug-likeness (QED) is 0.843. The van der Waals surface area contributed by atoms with Crippen molar-refractivity contribution in [2.45, 2.75) is 33.7 Å². The molecule has 1 heteroatoms. The van der Waals surface area contributed by atoms with Crippen molar-refractivity contribution in [1.82, 2.24) is 5.32 Å². The van der Waals surface area contributed by atoms with Crippen molar-refractivity contribution in [3.63, 3.8) is 0 Å². The van der Waals surface area contributed by atoms with Gasteiger partial charge in [0.05, 0.1) is 0 Å². The van der Waals surface area contributed by atoms with E-state index in [1.807, 2.05) is 0 Å². The van der Waals surface area contributed by atoms with E-state index < -0.39 is 0 Å².